The number of aryl methyl sites for hydroxylation is 1. The van der Waals surface area contributed by atoms with Gasteiger partial charge in [0, 0.05) is 35.9 Å². The molecule has 2 aromatic heterocycles. The maximum atomic E-state index is 12.4. The summed E-state index contributed by atoms with van der Waals surface area (Å²) in [7, 11) is 1.62. The maximum absolute atomic E-state index is 12.4. The standard InChI is InChI=1S/C24H23N5O4/c1-15-13-21(28-17-7-9-18(32-2)10-8-17)29-24(27-15)26-12-11-25-22(30)19-14-16-5-3-4-6-20(16)33-23(19)31/h3-10,13-14H,11-12H2,1-2H3,(H,25,30)(H2,26,27,28,29). The van der Waals surface area contributed by atoms with Crippen LogP contribution in [0.4, 0.5) is 17.5 Å². The summed E-state index contributed by atoms with van der Waals surface area (Å²) >= 11 is 0. The molecule has 1 amide bonds. The van der Waals surface area contributed by atoms with Crippen LogP contribution in [0.1, 0.15) is 16.1 Å². The summed E-state index contributed by atoms with van der Waals surface area (Å²) in [5.41, 5.74) is 1.38. The average Bonchev–Trinajstić information content (AvgIpc) is 2.81. The second-order valence-corrected chi connectivity index (χ2v) is 7.24. The Balaban J connectivity index is 1.34. The summed E-state index contributed by atoms with van der Waals surface area (Å²) in [6.45, 7) is 2.51. The lowest BCUT2D eigenvalue weighted by molar-refractivity contribution is 0.0951. The molecule has 9 heteroatoms. The fourth-order valence-corrected chi connectivity index (χ4v) is 3.20. The number of methoxy groups -OCH3 is 1. The number of anilines is 3. The lowest BCUT2D eigenvalue weighted by atomic mass is 10.2. The van der Waals surface area contributed by atoms with Gasteiger partial charge in [0.2, 0.25) is 5.95 Å². The zero-order chi connectivity index (χ0) is 23.2. The predicted octanol–water partition coefficient (Wildman–Crippen LogP) is 3.49. The summed E-state index contributed by atoms with van der Waals surface area (Å²) in [5, 5.41) is 9.70. The van der Waals surface area contributed by atoms with Gasteiger partial charge < -0.3 is 25.1 Å². The lowest BCUT2D eigenvalue weighted by Crippen LogP contribution is -2.32. The van der Waals surface area contributed by atoms with Crippen LogP contribution in [0.25, 0.3) is 11.0 Å². The highest BCUT2D eigenvalue weighted by molar-refractivity contribution is 5.96. The van der Waals surface area contributed by atoms with Crippen LogP contribution in [-0.4, -0.2) is 36.1 Å². The van der Waals surface area contributed by atoms with Crippen molar-refractivity contribution in [3.63, 3.8) is 0 Å². The highest BCUT2D eigenvalue weighted by Crippen LogP contribution is 2.20. The van der Waals surface area contributed by atoms with Crippen molar-refractivity contribution in [1.29, 1.82) is 0 Å². The number of hydrogen-bond acceptors (Lipinski definition) is 8. The van der Waals surface area contributed by atoms with Gasteiger partial charge in [-0.2, -0.15) is 4.98 Å². The van der Waals surface area contributed by atoms with Crippen molar-refractivity contribution in [3.8, 4) is 5.75 Å². The first-order valence-corrected chi connectivity index (χ1v) is 10.3. The van der Waals surface area contributed by atoms with Crippen LogP contribution in [0.2, 0.25) is 0 Å². The van der Waals surface area contributed by atoms with Crippen molar-refractivity contribution in [1.82, 2.24) is 15.3 Å². The average molecular weight is 445 g/mol. The number of nitrogens with one attached hydrogen (secondary N) is 3. The number of para-hydroxylation sites is 1. The van der Waals surface area contributed by atoms with E-state index in [-0.39, 0.29) is 12.1 Å². The molecule has 0 unspecified atom stereocenters. The van der Waals surface area contributed by atoms with Gasteiger partial charge in [-0.1, -0.05) is 18.2 Å². The van der Waals surface area contributed by atoms with Crippen LogP contribution >= 0.6 is 0 Å². The molecule has 0 saturated carbocycles. The maximum Gasteiger partial charge on any atom is 0.349 e. The number of ether oxygens (including phenoxy) is 1. The second kappa shape index (κ2) is 9.82. The predicted molar refractivity (Wildman–Crippen MR) is 126 cm³/mol. The van der Waals surface area contributed by atoms with Crippen LogP contribution in [0.5, 0.6) is 5.75 Å². The van der Waals surface area contributed by atoms with Gasteiger partial charge >= 0.3 is 5.63 Å². The summed E-state index contributed by atoms with van der Waals surface area (Å²) in [4.78, 5) is 33.4. The molecule has 2 aromatic carbocycles. The van der Waals surface area contributed by atoms with E-state index in [1.54, 1.807) is 25.3 Å². The van der Waals surface area contributed by atoms with Crippen molar-refractivity contribution < 1.29 is 13.9 Å². The van der Waals surface area contributed by atoms with Crippen LogP contribution in [0.15, 0.2) is 69.9 Å². The minimum atomic E-state index is -0.671. The van der Waals surface area contributed by atoms with Gasteiger partial charge in [0.1, 0.15) is 22.7 Å². The molecule has 168 valence electrons. The number of nitrogens with zero attached hydrogens (tertiary/aromatic N) is 2. The van der Waals surface area contributed by atoms with E-state index in [9.17, 15) is 9.59 Å². The Bertz CT molecular complexity index is 1340. The van der Waals surface area contributed by atoms with Crippen molar-refractivity contribution in [2.45, 2.75) is 6.92 Å². The number of aromatic nitrogens is 2. The van der Waals surface area contributed by atoms with Crippen molar-refractivity contribution in [3.05, 3.63) is 82.3 Å². The largest absolute Gasteiger partial charge is 0.497 e. The van der Waals surface area contributed by atoms with E-state index in [0.717, 1.165) is 17.1 Å². The quantitative estimate of drug-likeness (QED) is 0.279. The van der Waals surface area contributed by atoms with Gasteiger partial charge in [0.15, 0.2) is 0 Å². The Kier molecular flexibility index (Phi) is 6.49. The van der Waals surface area contributed by atoms with Crippen LogP contribution < -0.4 is 26.3 Å². The first-order chi connectivity index (χ1) is 16.0. The number of carbonyl (C=O) groups is 1. The van der Waals surface area contributed by atoms with E-state index in [1.165, 1.54) is 6.07 Å². The van der Waals surface area contributed by atoms with E-state index in [0.29, 0.717) is 29.3 Å². The molecule has 0 aliphatic heterocycles. The topological polar surface area (TPSA) is 118 Å². The summed E-state index contributed by atoms with van der Waals surface area (Å²) in [6, 6.07) is 17.9. The molecule has 0 radical (unpaired) electrons. The molecule has 0 bridgehead atoms. The molecule has 0 fully saturated rings. The first-order valence-electron chi connectivity index (χ1n) is 10.3. The first kappa shape index (κ1) is 21.8. The van der Waals surface area contributed by atoms with Gasteiger partial charge in [0.05, 0.1) is 7.11 Å². The molecule has 0 aliphatic carbocycles. The number of hydrogen-bond donors (Lipinski definition) is 3. The van der Waals surface area contributed by atoms with Gasteiger partial charge in [0.25, 0.3) is 5.91 Å². The van der Waals surface area contributed by atoms with E-state index < -0.39 is 11.5 Å². The van der Waals surface area contributed by atoms with Gasteiger partial charge in [-0.3, -0.25) is 4.79 Å². The number of fused-ring (bicyclic) bond motifs is 1. The third kappa shape index (κ3) is 5.45. The Morgan fingerprint density at radius 2 is 1.82 bits per heavy atom. The molecular weight excluding hydrogens is 422 g/mol. The molecule has 2 heterocycles. The Morgan fingerprint density at radius 3 is 2.61 bits per heavy atom. The zero-order valence-corrected chi connectivity index (χ0v) is 18.2. The van der Waals surface area contributed by atoms with Gasteiger partial charge in [-0.15, -0.1) is 0 Å². The Labute approximate surface area is 189 Å². The Hall–Kier alpha value is -4.40. The molecule has 4 rings (SSSR count). The van der Waals surface area contributed by atoms with Crippen LogP contribution in [0, 0.1) is 6.92 Å². The third-order valence-corrected chi connectivity index (χ3v) is 4.80. The normalized spacial score (nSPS) is 10.6. The monoisotopic (exact) mass is 445 g/mol. The van der Waals surface area contributed by atoms with E-state index in [2.05, 4.69) is 25.9 Å². The fourth-order valence-electron chi connectivity index (χ4n) is 3.20. The van der Waals surface area contributed by atoms with Gasteiger partial charge in [-0.25, -0.2) is 9.78 Å². The number of carbonyl (C=O) groups excluding carboxylic acids is 1. The molecule has 0 saturated heterocycles. The summed E-state index contributed by atoms with van der Waals surface area (Å²) < 4.78 is 10.4. The van der Waals surface area contributed by atoms with E-state index in [4.69, 9.17) is 9.15 Å². The SMILES string of the molecule is COc1ccc(Nc2cc(C)nc(NCCNC(=O)c3cc4ccccc4oc3=O)n2)cc1. The molecule has 0 atom stereocenters. The minimum absolute atomic E-state index is 0.0357. The van der Waals surface area contributed by atoms with Gasteiger partial charge in [-0.05, 0) is 43.3 Å². The molecule has 4 aromatic rings. The van der Waals surface area contributed by atoms with Crippen molar-refractivity contribution in [2.24, 2.45) is 0 Å². The number of amides is 1. The molecule has 33 heavy (non-hydrogen) atoms. The summed E-state index contributed by atoms with van der Waals surface area (Å²) in [5.74, 6) is 1.33. The zero-order valence-electron chi connectivity index (χ0n) is 18.2. The van der Waals surface area contributed by atoms with Crippen molar-refractivity contribution >= 4 is 34.3 Å². The van der Waals surface area contributed by atoms with Crippen molar-refractivity contribution in [2.75, 3.05) is 30.8 Å². The smallest absolute Gasteiger partial charge is 0.349 e. The lowest BCUT2D eigenvalue weighted by Gasteiger charge is -2.11. The molecule has 3 N–H and O–H groups in total. The van der Waals surface area contributed by atoms with Crippen LogP contribution in [-0.2, 0) is 0 Å². The minimum Gasteiger partial charge on any atom is -0.497 e. The number of rotatable bonds is 8. The third-order valence-electron chi connectivity index (χ3n) is 4.80. The highest BCUT2D eigenvalue weighted by atomic mass is 16.5. The molecule has 0 spiro atoms. The fraction of sp³-hybridized carbons (Fsp3) is 0.167. The van der Waals surface area contributed by atoms with E-state index >= 15 is 0 Å². The van der Waals surface area contributed by atoms with Crippen LogP contribution in [0.3, 0.4) is 0 Å². The molecular formula is C24H23N5O4. The summed E-state index contributed by atoms with van der Waals surface area (Å²) in [6.07, 6.45) is 0. The van der Waals surface area contributed by atoms with E-state index in [1.807, 2.05) is 43.3 Å². The number of benzene rings is 2. The highest BCUT2D eigenvalue weighted by Gasteiger charge is 2.13. The Morgan fingerprint density at radius 1 is 1.03 bits per heavy atom. The molecule has 9 nitrogen and oxygen atoms in total. The molecule has 0 aliphatic rings. The second-order valence-electron chi connectivity index (χ2n) is 7.24.